The molecule has 1 heterocycles. The summed E-state index contributed by atoms with van der Waals surface area (Å²) < 4.78 is 12.9. The lowest BCUT2D eigenvalue weighted by molar-refractivity contribution is 0.628. The first kappa shape index (κ1) is 13.5. The molecule has 4 nitrogen and oxygen atoms in total. The number of aromatic amines is 1. The van der Waals surface area contributed by atoms with Crippen molar-refractivity contribution in [3.05, 3.63) is 71.3 Å². The smallest absolute Gasteiger partial charge is 0.181 e. The molecule has 1 atom stereocenters. The van der Waals surface area contributed by atoms with Gasteiger partial charge in [0.1, 0.15) is 11.6 Å². The zero-order valence-electron chi connectivity index (χ0n) is 11.5. The molecule has 0 spiro atoms. The van der Waals surface area contributed by atoms with Crippen molar-refractivity contribution in [2.75, 3.05) is 0 Å². The van der Waals surface area contributed by atoms with Crippen LogP contribution < -0.4 is 5.73 Å². The largest absolute Gasteiger partial charge is 0.318 e. The van der Waals surface area contributed by atoms with E-state index in [0.29, 0.717) is 11.6 Å². The molecular formula is C16H15FN4. The summed E-state index contributed by atoms with van der Waals surface area (Å²) in [6, 6.07) is 13.6. The summed E-state index contributed by atoms with van der Waals surface area (Å²) in [6.45, 7) is 2.02. The van der Waals surface area contributed by atoms with Gasteiger partial charge in [0.15, 0.2) is 5.82 Å². The minimum atomic E-state index is -0.368. The molecule has 3 aromatic rings. The number of halogens is 1. The number of aromatic nitrogens is 3. The fourth-order valence-electron chi connectivity index (χ4n) is 2.07. The van der Waals surface area contributed by atoms with Gasteiger partial charge in [-0.3, -0.25) is 5.10 Å². The number of H-pyrrole nitrogens is 1. The van der Waals surface area contributed by atoms with Crippen molar-refractivity contribution in [2.45, 2.75) is 13.0 Å². The van der Waals surface area contributed by atoms with E-state index >= 15 is 0 Å². The van der Waals surface area contributed by atoms with Crippen LogP contribution in [0.25, 0.3) is 11.4 Å². The van der Waals surface area contributed by atoms with Crippen LogP contribution in [0.15, 0.2) is 48.5 Å². The third kappa shape index (κ3) is 2.83. The van der Waals surface area contributed by atoms with Crippen LogP contribution >= 0.6 is 0 Å². The van der Waals surface area contributed by atoms with Crippen LogP contribution in [-0.4, -0.2) is 15.2 Å². The van der Waals surface area contributed by atoms with Crippen LogP contribution in [0.5, 0.6) is 0 Å². The van der Waals surface area contributed by atoms with Gasteiger partial charge in [-0.2, -0.15) is 5.10 Å². The van der Waals surface area contributed by atoms with Crippen molar-refractivity contribution in [3.8, 4) is 11.4 Å². The third-order valence-corrected chi connectivity index (χ3v) is 3.34. The number of aryl methyl sites for hydroxylation is 1. The molecule has 1 unspecified atom stereocenters. The maximum absolute atomic E-state index is 12.9. The van der Waals surface area contributed by atoms with E-state index in [0.717, 1.165) is 11.1 Å². The van der Waals surface area contributed by atoms with Gasteiger partial charge in [-0.05, 0) is 36.8 Å². The molecule has 5 heteroatoms. The number of hydrogen-bond acceptors (Lipinski definition) is 3. The van der Waals surface area contributed by atoms with E-state index in [1.165, 1.54) is 17.7 Å². The van der Waals surface area contributed by atoms with Gasteiger partial charge in [0.2, 0.25) is 0 Å². The Morgan fingerprint density at radius 2 is 1.71 bits per heavy atom. The molecule has 0 aliphatic rings. The summed E-state index contributed by atoms with van der Waals surface area (Å²) in [7, 11) is 0. The molecule has 0 aliphatic heterocycles. The van der Waals surface area contributed by atoms with E-state index in [-0.39, 0.29) is 11.9 Å². The summed E-state index contributed by atoms with van der Waals surface area (Å²) in [6.07, 6.45) is 0. The molecular weight excluding hydrogens is 267 g/mol. The predicted octanol–water partition coefficient (Wildman–Crippen LogP) is 2.97. The van der Waals surface area contributed by atoms with E-state index in [2.05, 4.69) is 15.2 Å². The topological polar surface area (TPSA) is 67.6 Å². The first-order chi connectivity index (χ1) is 10.1. The quantitative estimate of drug-likeness (QED) is 0.776. The molecule has 1 aromatic heterocycles. The van der Waals surface area contributed by atoms with Crippen molar-refractivity contribution in [2.24, 2.45) is 5.73 Å². The Kier molecular flexibility index (Phi) is 3.50. The van der Waals surface area contributed by atoms with Crippen molar-refractivity contribution >= 4 is 0 Å². The Labute approximate surface area is 121 Å². The molecule has 3 N–H and O–H groups in total. The highest BCUT2D eigenvalue weighted by atomic mass is 19.1. The Bertz CT molecular complexity index is 732. The lowest BCUT2D eigenvalue weighted by Gasteiger charge is -2.08. The number of rotatable bonds is 3. The average molecular weight is 282 g/mol. The van der Waals surface area contributed by atoms with E-state index in [1.54, 1.807) is 12.1 Å². The maximum Gasteiger partial charge on any atom is 0.181 e. The van der Waals surface area contributed by atoms with Gasteiger partial charge in [0.25, 0.3) is 0 Å². The second-order valence-corrected chi connectivity index (χ2v) is 4.94. The average Bonchev–Trinajstić information content (AvgIpc) is 2.98. The highest BCUT2D eigenvalue weighted by molar-refractivity contribution is 5.54. The van der Waals surface area contributed by atoms with Crippen molar-refractivity contribution in [3.63, 3.8) is 0 Å². The third-order valence-electron chi connectivity index (χ3n) is 3.34. The lowest BCUT2D eigenvalue weighted by atomic mass is 10.1. The highest BCUT2D eigenvalue weighted by Gasteiger charge is 2.14. The van der Waals surface area contributed by atoms with E-state index in [1.807, 2.05) is 31.2 Å². The normalized spacial score (nSPS) is 12.3. The molecule has 0 amide bonds. The number of hydrogen-bond donors (Lipinski definition) is 2. The molecule has 0 fully saturated rings. The standard InChI is InChI=1S/C16H15FN4/c1-10-2-4-11(5-3-10)14(18)16-19-15(20-21-16)12-6-8-13(17)9-7-12/h2-9,14H,18H2,1H3,(H,19,20,21). The molecule has 0 aliphatic carbocycles. The van der Waals surface area contributed by atoms with Crippen LogP contribution in [0.3, 0.4) is 0 Å². The molecule has 0 radical (unpaired) electrons. The van der Waals surface area contributed by atoms with Gasteiger partial charge in [0, 0.05) is 5.56 Å². The van der Waals surface area contributed by atoms with Gasteiger partial charge >= 0.3 is 0 Å². The van der Waals surface area contributed by atoms with Gasteiger partial charge in [0.05, 0.1) is 6.04 Å². The fraction of sp³-hybridized carbons (Fsp3) is 0.125. The molecule has 2 aromatic carbocycles. The van der Waals surface area contributed by atoms with E-state index in [9.17, 15) is 4.39 Å². The number of benzene rings is 2. The lowest BCUT2D eigenvalue weighted by Crippen LogP contribution is -2.13. The minimum absolute atomic E-state index is 0.286. The van der Waals surface area contributed by atoms with Crippen molar-refractivity contribution in [1.29, 1.82) is 0 Å². The molecule has 0 saturated heterocycles. The second-order valence-electron chi connectivity index (χ2n) is 4.94. The summed E-state index contributed by atoms with van der Waals surface area (Å²) in [5.41, 5.74) is 9.07. The van der Waals surface area contributed by atoms with Crippen LogP contribution in [0.4, 0.5) is 4.39 Å². The Morgan fingerprint density at radius 3 is 2.38 bits per heavy atom. The van der Waals surface area contributed by atoms with Gasteiger partial charge in [-0.15, -0.1) is 0 Å². The highest BCUT2D eigenvalue weighted by Crippen LogP contribution is 2.20. The Balaban J connectivity index is 1.87. The van der Waals surface area contributed by atoms with Crippen LogP contribution in [0.1, 0.15) is 23.0 Å². The Hall–Kier alpha value is -2.53. The van der Waals surface area contributed by atoms with E-state index in [4.69, 9.17) is 5.73 Å². The number of nitrogens with one attached hydrogen (secondary N) is 1. The first-order valence-corrected chi connectivity index (χ1v) is 6.64. The van der Waals surface area contributed by atoms with Crippen molar-refractivity contribution in [1.82, 2.24) is 15.2 Å². The summed E-state index contributed by atoms with van der Waals surface area (Å²) in [4.78, 5) is 4.39. The Morgan fingerprint density at radius 1 is 1.05 bits per heavy atom. The van der Waals surface area contributed by atoms with Crippen LogP contribution in [0, 0.1) is 12.7 Å². The zero-order chi connectivity index (χ0) is 14.8. The van der Waals surface area contributed by atoms with Gasteiger partial charge in [-0.1, -0.05) is 29.8 Å². The number of nitrogens with two attached hydrogens (primary N) is 1. The molecule has 3 rings (SSSR count). The summed E-state index contributed by atoms with van der Waals surface area (Å²) in [5.74, 6) is 0.802. The second kappa shape index (κ2) is 5.46. The van der Waals surface area contributed by atoms with Gasteiger partial charge < -0.3 is 5.73 Å². The maximum atomic E-state index is 12.9. The first-order valence-electron chi connectivity index (χ1n) is 6.64. The SMILES string of the molecule is Cc1ccc(C(N)c2nc(-c3ccc(F)cc3)n[nH]2)cc1. The predicted molar refractivity (Wildman–Crippen MR) is 79.0 cm³/mol. The minimum Gasteiger partial charge on any atom is -0.318 e. The molecule has 21 heavy (non-hydrogen) atoms. The summed E-state index contributed by atoms with van der Waals surface area (Å²) >= 11 is 0. The monoisotopic (exact) mass is 282 g/mol. The van der Waals surface area contributed by atoms with Crippen molar-refractivity contribution < 1.29 is 4.39 Å². The fourth-order valence-corrected chi connectivity index (χ4v) is 2.07. The summed E-state index contributed by atoms with van der Waals surface area (Å²) in [5, 5.41) is 6.99. The van der Waals surface area contributed by atoms with Gasteiger partial charge in [-0.25, -0.2) is 9.37 Å². The van der Waals surface area contributed by atoms with Crippen LogP contribution in [-0.2, 0) is 0 Å². The molecule has 106 valence electrons. The molecule has 0 saturated carbocycles. The number of nitrogens with zero attached hydrogens (tertiary/aromatic N) is 2. The van der Waals surface area contributed by atoms with Crippen LogP contribution in [0.2, 0.25) is 0 Å². The van der Waals surface area contributed by atoms with E-state index < -0.39 is 0 Å². The zero-order valence-corrected chi connectivity index (χ0v) is 11.5. The molecule has 0 bridgehead atoms.